The van der Waals surface area contributed by atoms with E-state index in [1.165, 1.54) is 38.5 Å². The molecule has 19 heavy (non-hydrogen) atoms. The van der Waals surface area contributed by atoms with Gasteiger partial charge in [0, 0.05) is 18.8 Å². The van der Waals surface area contributed by atoms with Crippen molar-refractivity contribution in [2.24, 2.45) is 0 Å². The Morgan fingerprint density at radius 3 is 2.68 bits per heavy atom. The number of hydrogen-bond acceptors (Lipinski definition) is 3. The Morgan fingerprint density at radius 2 is 2.05 bits per heavy atom. The van der Waals surface area contributed by atoms with E-state index < -0.39 is 5.97 Å². The van der Waals surface area contributed by atoms with Crippen molar-refractivity contribution in [3.8, 4) is 0 Å². The number of pyridine rings is 1. The molecule has 1 saturated carbocycles. The van der Waals surface area contributed by atoms with Gasteiger partial charge in [0.1, 0.15) is 0 Å². The summed E-state index contributed by atoms with van der Waals surface area (Å²) in [4.78, 5) is 17.4. The maximum Gasteiger partial charge on any atom is 0.354 e. The van der Waals surface area contributed by atoms with E-state index in [4.69, 9.17) is 5.11 Å². The van der Waals surface area contributed by atoms with Gasteiger partial charge in [-0.1, -0.05) is 31.7 Å². The predicted molar refractivity (Wildman–Crippen MR) is 74.2 cm³/mol. The van der Waals surface area contributed by atoms with Crippen LogP contribution in [0.1, 0.15) is 54.6 Å². The van der Waals surface area contributed by atoms with Gasteiger partial charge in [-0.3, -0.25) is 4.90 Å². The van der Waals surface area contributed by atoms with Crippen molar-refractivity contribution >= 4 is 5.97 Å². The standard InChI is InChI=1S/C15H22N2O2/c1-17(13-8-4-2-3-5-9-13)11-12-7-6-10-16-14(12)15(18)19/h6-7,10,13H,2-5,8-9,11H2,1H3,(H,18,19). The molecule has 1 N–H and O–H groups in total. The van der Waals surface area contributed by atoms with Crippen LogP contribution in [0, 0.1) is 0 Å². The van der Waals surface area contributed by atoms with E-state index in [0.717, 1.165) is 5.56 Å². The van der Waals surface area contributed by atoms with Crippen LogP contribution in [0.15, 0.2) is 18.3 Å². The Kier molecular flexibility index (Phi) is 4.91. The highest BCUT2D eigenvalue weighted by Gasteiger charge is 2.19. The molecule has 0 atom stereocenters. The molecule has 1 aromatic rings. The van der Waals surface area contributed by atoms with Crippen LogP contribution in [0.25, 0.3) is 0 Å². The minimum Gasteiger partial charge on any atom is -0.477 e. The lowest BCUT2D eigenvalue weighted by Gasteiger charge is -2.27. The first-order valence-corrected chi connectivity index (χ1v) is 7.06. The maximum absolute atomic E-state index is 11.2. The summed E-state index contributed by atoms with van der Waals surface area (Å²) in [5, 5.41) is 9.15. The Labute approximate surface area is 114 Å². The van der Waals surface area contributed by atoms with Gasteiger partial charge in [-0.15, -0.1) is 0 Å². The van der Waals surface area contributed by atoms with E-state index >= 15 is 0 Å². The van der Waals surface area contributed by atoms with Crippen LogP contribution in [0.2, 0.25) is 0 Å². The lowest BCUT2D eigenvalue weighted by atomic mass is 10.1. The van der Waals surface area contributed by atoms with E-state index in [1.54, 1.807) is 6.20 Å². The third-order valence-corrected chi connectivity index (χ3v) is 3.96. The Morgan fingerprint density at radius 1 is 1.37 bits per heavy atom. The van der Waals surface area contributed by atoms with Crippen LogP contribution < -0.4 is 0 Å². The minimum absolute atomic E-state index is 0.183. The summed E-state index contributed by atoms with van der Waals surface area (Å²) in [6.07, 6.45) is 9.22. The van der Waals surface area contributed by atoms with Crippen molar-refractivity contribution in [2.75, 3.05) is 7.05 Å². The SMILES string of the molecule is CN(Cc1cccnc1C(=O)O)C1CCCCCC1. The van der Waals surface area contributed by atoms with Crippen molar-refractivity contribution in [3.63, 3.8) is 0 Å². The second kappa shape index (κ2) is 6.66. The van der Waals surface area contributed by atoms with Gasteiger partial charge in [-0.25, -0.2) is 9.78 Å². The van der Waals surface area contributed by atoms with Crippen molar-refractivity contribution in [2.45, 2.75) is 51.1 Å². The highest BCUT2D eigenvalue weighted by molar-refractivity contribution is 5.86. The topological polar surface area (TPSA) is 53.4 Å². The van der Waals surface area contributed by atoms with Gasteiger partial charge in [0.15, 0.2) is 5.69 Å². The summed E-state index contributed by atoms with van der Waals surface area (Å²) in [6, 6.07) is 4.25. The van der Waals surface area contributed by atoms with Crippen LogP contribution >= 0.6 is 0 Å². The van der Waals surface area contributed by atoms with Crippen molar-refractivity contribution in [1.82, 2.24) is 9.88 Å². The predicted octanol–water partition coefficient (Wildman–Crippen LogP) is 2.93. The molecule has 1 aliphatic carbocycles. The number of hydrogen-bond donors (Lipinski definition) is 1. The van der Waals surface area contributed by atoms with E-state index in [1.807, 2.05) is 12.1 Å². The zero-order chi connectivity index (χ0) is 13.7. The summed E-state index contributed by atoms with van der Waals surface area (Å²) in [5.74, 6) is -0.940. The Hall–Kier alpha value is -1.42. The molecule has 1 fully saturated rings. The third-order valence-electron chi connectivity index (χ3n) is 3.96. The summed E-state index contributed by atoms with van der Waals surface area (Å²) in [6.45, 7) is 0.667. The fourth-order valence-corrected chi connectivity index (χ4v) is 2.86. The van der Waals surface area contributed by atoms with Crippen molar-refractivity contribution in [1.29, 1.82) is 0 Å². The molecule has 0 amide bonds. The lowest BCUT2D eigenvalue weighted by molar-refractivity contribution is 0.0687. The molecule has 1 aromatic heterocycles. The monoisotopic (exact) mass is 262 g/mol. The fraction of sp³-hybridized carbons (Fsp3) is 0.600. The molecule has 0 radical (unpaired) electrons. The Bertz CT molecular complexity index is 426. The summed E-state index contributed by atoms with van der Waals surface area (Å²) >= 11 is 0. The number of carboxylic acids is 1. The number of rotatable bonds is 4. The molecule has 0 unspecified atom stereocenters. The third kappa shape index (κ3) is 3.77. The summed E-state index contributed by atoms with van der Waals surface area (Å²) in [7, 11) is 2.09. The number of carboxylic acid groups (broad SMARTS) is 1. The van der Waals surface area contributed by atoms with Gasteiger partial charge < -0.3 is 5.11 Å². The average Bonchev–Trinajstić information content (AvgIpc) is 2.68. The van der Waals surface area contributed by atoms with E-state index in [2.05, 4.69) is 16.9 Å². The van der Waals surface area contributed by atoms with Gasteiger partial charge in [0.25, 0.3) is 0 Å². The van der Waals surface area contributed by atoms with Crippen LogP contribution in [-0.2, 0) is 6.54 Å². The molecule has 1 aliphatic rings. The van der Waals surface area contributed by atoms with E-state index in [-0.39, 0.29) is 5.69 Å². The molecule has 0 bridgehead atoms. The second-order valence-corrected chi connectivity index (χ2v) is 5.38. The molecule has 104 valence electrons. The molecule has 4 nitrogen and oxygen atoms in total. The van der Waals surface area contributed by atoms with E-state index in [0.29, 0.717) is 12.6 Å². The molecule has 2 rings (SSSR count). The zero-order valence-corrected chi connectivity index (χ0v) is 11.5. The zero-order valence-electron chi connectivity index (χ0n) is 11.5. The van der Waals surface area contributed by atoms with Gasteiger partial charge in [-0.05, 0) is 31.5 Å². The molecule has 0 spiro atoms. The molecule has 0 saturated heterocycles. The van der Waals surface area contributed by atoms with Crippen molar-refractivity contribution in [3.05, 3.63) is 29.6 Å². The van der Waals surface area contributed by atoms with E-state index in [9.17, 15) is 4.79 Å². The second-order valence-electron chi connectivity index (χ2n) is 5.38. The van der Waals surface area contributed by atoms with Gasteiger partial charge in [0.05, 0.1) is 0 Å². The van der Waals surface area contributed by atoms with Crippen LogP contribution in [0.3, 0.4) is 0 Å². The Balaban J connectivity index is 2.05. The number of aromatic nitrogens is 1. The van der Waals surface area contributed by atoms with Crippen LogP contribution in [0.4, 0.5) is 0 Å². The lowest BCUT2D eigenvalue weighted by Crippen LogP contribution is -2.31. The highest BCUT2D eigenvalue weighted by atomic mass is 16.4. The number of carbonyl (C=O) groups is 1. The fourth-order valence-electron chi connectivity index (χ4n) is 2.86. The normalized spacial score (nSPS) is 17.4. The highest BCUT2D eigenvalue weighted by Crippen LogP contribution is 2.22. The largest absolute Gasteiger partial charge is 0.477 e. The quantitative estimate of drug-likeness (QED) is 0.848. The first-order chi connectivity index (χ1) is 9.18. The first-order valence-electron chi connectivity index (χ1n) is 7.06. The molecular formula is C15H22N2O2. The van der Waals surface area contributed by atoms with Gasteiger partial charge in [0.2, 0.25) is 0 Å². The van der Waals surface area contributed by atoms with Gasteiger partial charge in [-0.2, -0.15) is 0 Å². The molecule has 0 aromatic carbocycles. The average molecular weight is 262 g/mol. The first kappa shape index (κ1) is 14.0. The van der Waals surface area contributed by atoms with Crippen molar-refractivity contribution < 1.29 is 9.90 Å². The van der Waals surface area contributed by atoms with Crippen LogP contribution in [0.5, 0.6) is 0 Å². The summed E-state index contributed by atoms with van der Waals surface area (Å²) in [5.41, 5.74) is 0.990. The van der Waals surface area contributed by atoms with Gasteiger partial charge >= 0.3 is 5.97 Å². The molecule has 4 heteroatoms. The summed E-state index contributed by atoms with van der Waals surface area (Å²) < 4.78 is 0. The smallest absolute Gasteiger partial charge is 0.354 e. The molecular weight excluding hydrogens is 240 g/mol. The molecule has 0 aliphatic heterocycles. The van der Waals surface area contributed by atoms with Crippen LogP contribution in [-0.4, -0.2) is 34.0 Å². The number of nitrogens with zero attached hydrogens (tertiary/aromatic N) is 2. The molecule has 1 heterocycles. The number of aromatic carboxylic acids is 1. The minimum atomic E-state index is -0.940. The maximum atomic E-state index is 11.2.